The van der Waals surface area contributed by atoms with Crippen LogP contribution in [0.4, 0.5) is 4.39 Å². The summed E-state index contributed by atoms with van der Waals surface area (Å²) >= 11 is 3.10. The summed E-state index contributed by atoms with van der Waals surface area (Å²) in [5.41, 5.74) is 0.646. The molecule has 1 N–H and O–H groups in total. The minimum Gasteiger partial charge on any atom is -0.388 e. The van der Waals surface area contributed by atoms with E-state index in [-0.39, 0.29) is 11.7 Å². The van der Waals surface area contributed by atoms with Gasteiger partial charge in [-0.3, -0.25) is 0 Å². The second kappa shape index (κ2) is 5.25. The molecule has 88 valence electrons. The standard InChI is InChI=1S/C12H14BrFO2/c13-10-2-1-9(7-11(10)14)12(15)8-3-5-16-6-4-8/h1-2,7-8,12,15H,3-6H2. The van der Waals surface area contributed by atoms with E-state index in [2.05, 4.69) is 15.9 Å². The van der Waals surface area contributed by atoms with Gasteiger partial charge in [-0.2, -0.15) is 0 Å². The van der Waals surface area contributed by atoms with Gasteiger partial charge in [0.05, 0.1) is 10.6 Å². The molecule has 1 aromatic rings. The highest BCUT2D eigenvalue weighted by Crippen LogP contribution is 2.31. The lowest BCUT2D eigenvalue weighted by atomic mass is 9.89. The Morgan fingerprint density at radius 3 is 2.69 bits per heavy atom. The highest BCUT2D eigenvalue weighted by Gasteiger charge is 2.23. The zero-order valence-corrected chi connectivity index (χ0v) is 10.4. The highest BCUT2D eigenvalue weighted by molar-refractivity contribution is 9.10. The molecule has 1 aromatic carbocycles. The first-order valence-electron chi connectivity index (χ1n) is 5.39. The summed E-state index contributed by atoms with van der Waals surface area (Å²) in [6.45, 7) is 1.36. The summed E-state index contributed by atoms with van der Waals surface area (Å²) in [5.74, 6) is -0.155. The summed E-state index contributed by atoms with van der Waals surface area (Å²) in [6, 6.07) is 4.78. The molecule has 1 saturated heterocycles. The number of rotatable bonds is 2. The molecule has 0 bridgehead atoms. The minimum atomic E-state index is -0.591. The fourth-order valence-corrected chi connectivity index (χ4v) is 2.25. The fraction of sp³-hybridized carbons (Fsp3) is 0.500. The topological polar surface area (TPSA) is 29.5 Å². The van der Waals surface area contributed by atoms with Crippen LogP contribution >= 0.6 is 15.9 Å². The van der Waals surface area contributed by atoms with Gasteiger partial charge in [-0.1, -0.05) is 6.07 Å². The Morgan fingerprint density at radius 2 is 2.06 bits per heavy atom. The molecule has 0 amide bonds. The van der Waals surface area contributed by atoms with Crippen LogP contribution in [0.5, 0.6) is 0 Å². The van der Waals surface area contributed by atoms with E-state index < -0.39 is 6.10 Å². The van der Waals surface area contributed by atoms with Gasteiger partial charge < -0.3 is 9.84 Å². The number of halogens is 2. The van der Waals surface area contributed by atoms with Crippen LogP contribution < -0.4 is 0 Å². The van der Waals surface area contributed by atoms with E-state index in [1.165, 1.54) is 6.07 Å². The van der Waals surface area contributed by atoms with Gasteiger partial charge in [0.2, 0.25) is 0 Å². The van der Waals surface area contributed by atoms with Gasteiger partial charge in [0.25, 0.3) is 0 Å². The molecule has 4 heteroatoms. The molecule has 16 heavy (non-hydrogen) atoms. The van der Waals surface area contributed by atoms with E-state index in [1.807, 2.05) is 0 Å². The van der Waals surface area contributed by atoms with Crippen molar-refractivity contribution in [3.05, 3.63) is 34.1 Å². The zero-order chi connectivity index (χ0) is 11.5. The maximum Gasteiger partial charge on any atom is 0.137 e. The predicted octanol–water partition coefficient (Wildman–Crippen LogP) is 3.05. The third-order valence-corrected chi connectivity index (χ3v) is 3.64. The largest absolute Gasteiger partial charge is 0.388 e. The normalized spacial score (nSPS) is 19.7. The van der Waals surface area contributed by atoms with Crippen molar-refractivity contribution >= 4 is 15.9 Å². The van der Waals surface area contributed by atoms with Crippen LogP contribution in [0.25, 0.3) is 0 Å². The Balaban J connectivity index is 2.12. The number of aliphatic hydroxyl groups excluding tert-OH is 1. The Morgan fingerprint density at radius 1 is 1.38 bits per heavy atom. The van der Waals surface area contributed by atoms with Crippen molar-refractivity contribution in [3.63, 3.8) is 0 Å². The van der Waals surface area contributed by atoms with Gasteiger partial charge in [0.1, 0.15) is 5.82 Å². The van der Waals surface area contributed by atoms with Crippen molar-refractivity contribution in [1.29, 1.82) is 0 Å². The van der Waals surface area contributed by atoms with Crippen molar-refractivity contribution in [3.8, 4) is 0 Å². The molecular weight excluding hydrogens is 275 g/mol. The molecule has 2 nitrogen and oxygen atoms in total. The van der Waals surface area contributed by atoms with Crippen molar-refractivity contribution in [2.24, 2.45) is 5.92 Å². The molecule has 0 saturated carbocycles. The Kier molecular flexibility index (Phi) is 3.95. The lowest BCUT2D eigenvalue weighted by Crippen LogP contribution is -2.22. The maximum absolute atomic E-state index is 13.3. The number of ether oxygens (including phenoxy) is 1. The first-order valence-corrected chi connectivity index (χ1v) is 6.18. The van der Waals surface area contributed by atoms with Crippen LogP contribution in [0.3, 0.4) is 0 Å². The summed E-state index contributed by atoms with van der Waals surface area (Å²) in [7, 11) is 0. The number of aliphatic hydroxyl groups is 1. The summed E-state index contributed by atoms with van der Waals surface area (Å²) in [5, 5.41) is 10.1. The Bertz CT molecular complexity index is 364. The third-order valence-electron chi connectivity index (χ3n) is 3.00. The van der Waals surface area contributed by atoms with Crippen molar-refractivity contribution in [2.75, 3.05) is 13.2 Å². The zero-order valence-electron chi connectivity index (χ0n) is 8.83. The average Bonchev–Trinajstić information content (AvgIpc) is 2.33. The smallest absolute Gasteiger partial charge is 0.137 e. The monoisotopic (exact) mass is 288 g/mol. The summed E-state index contributed by atoms with van der Waals surface area (Å²) in [6.07, 6.45) is 1.07. The van der Waals surface area contributed by atoms with Crippen LogP contribution in [0.15, 0.2) is 22.7 Å². The van der Waals surface area contributed by atoms with Gasteiger partial charge in [-0.05, 0) is 52.4 Å². The minimum absolute atomic E-state index is 0.175. The number of benzene rings is 1. The van der Waals surface area contributed by atoms with Gasteiger partial charge >= 0.3 is 0 Å². The first-order chi connectivity index (χ1) is 7.68. The van der Waals surface area contributed by atoms with Crippen LogP contribution in [0, 0.1) is 11.7 Å². The lowest BCUT2D eigenvalue weighted by Gasteiger charge is -2.27. The molecule has 0 aliphatic carbocycles. The lowest BCUT2D eigenvalue weighted by molar-refractivity contribution is 0.00708. The maximum atomic E-state index is 13.3. The molecule has 1 heterocycles. The molecular formula is C12H14BrFO2. The molecule has 0 radical (unpaired) electrons. The number of hydrogen-bond acceptors (Lipinski definition) is 2. The fourth-order valence-electron chi connectivity index (χ4n) is 2.00. The van der Waals surface area contributed by atoms with Crippen LogP contribution in [0.2, 0.25) is 0 Å². The van der Waals surface area contributed by atoms with Crippen molar-refractivity contribution in [1.82, 2.24) is 0 Å². The van der Waals surface area contributed by atoms with Gasteiger partial charge in [-0.25, -0.2) is 4.39 Å². The van der Waals surface area contributed by atoms with E-state index in [0.717, 1.165) is 12.8 Å². The second-order valence-electron chi connectivity index (χ2n) is 4.07. The summed E-state index contributed by atoms with van der Waals surface area (Å²) in [4.78, 5) is 0. The van der Waals surface area contributed by atoms with Gasteiger partial charge in [0, 0.05) is 13.2 Å². The second-order valence-corrected chi connectivity index (χ2v) is 4.92. The van der Waals surface area contributed by atoms with Gasteiger partial charge in [0.15, 0.2) is 0 Å². The van der Waals surface area contributed by atoms with E-state index >= 15 is 0 Å². The molecule has 2 rings (SSSR count). The average molecular weight is 289 g/mol. The van der Waals surface area contributed by atoms with Crippen molar-refractivity contribution < 1.29 is 14.2 Å². The quantitative estimate of drug-likeness (QED) is 0.906. The van der Waals surface area contributed by atoms with Crippen molar-refractivity contribution in [2.45, 2.75) is 18.9 Å². The Labute approximate surface area is 103 Å². The Hall–Kier alpha value is -0.450. The predicted molar refractivity (Wildman–Crippen MR) is 62.6 cm³/mol. The van der Waals surface area contributed by atoms with Gasteiger partial charge in [-0.15, -0.1) is 0 Å². The van der Waals surface area contributed by atoms with Crippen LogP contribution in [-0.4, -0.2) is 18.3 Å². The molecule has 1 fully saturated rings. The SMILES string of the molecule is OC(c1ccc(Br)c(F)c1)C1CCOCC1. The number of hydrogen-bond donors (Lipinski definition) is 1. The third kappa shape index (κ3) is 2.62. The van der Waals surface area contributed by atoms with Crippen LogP contribution in [0.1, 0.15) is 24.5 Å². The molecule has 1 unspecified atom stereocenters. The molecule has 1 atom stereocenters. The van der Waals surface area contributed by atoms with E-state index in [0.29, 0.717) is 23.2 Å². The molecule has 0 spiro atoms. The van der Waals surface area contributed by atoms with E-state index in [9.17, 15) is 9.50 Å². The summed E-state index contributed by atoms with van der Waals surface area (Å²) < 4.78 is 19.0. The van der Waals surface area contributed by atoms with E-state index in [4.69, 9.17) is 4.74 Å². The molecule has 0 aromatic heterocycles. The highest BCUT2D eigenvalue weighted by atomic mass is 79.9. The molecule has 1 aliphatic rings. The first kappa shape index (κ1) is 12.0. The molecule has 1 aliphatic heterocycles. The van der Waals surface area contributed by atoms with Crippen LogP contribution in [-0.2, 0) is 4.74 Å². The van der Waals surface area contributed by atoms with E-state index in [1.54, 1.807) is 12.1 Å².